The summed E-state index contributed by atoms with van der Waals surface area (Å²) in [4.78, 5) is 16.5. The fraction of sp³-hybridized carbons (Fsp3) is 0.462. The molecule has 0 aromatic heterocycles. The van der Waals surface area contributed by atoms with Crippen molar-refractivity contribution in [2.24, 2.45) is 5.92 Å². The highest BCUT2D eigenvalue weighted by Crippen LogP contribution is 2.12. The molecule has 4 nitrogen and oxygen atoms in total. The first kappa shape index (κ1) is 13.5. The lowest BCUT2D eigenvalue weighted by Gasteiger charge is -2.10. The number of hydrogen-bond acceptors (Lipinski definition) is 2. The fourth-order valence-corrected chi connectivity index (χ4v) is 1.27. The maximum Gasteiger partial charge on any atom is 0.343 e. The van der Waals surface area contributed by atoms with Crippen molar-refractivity contribution in [2.45, 2.75) is 27.2 Å². The number of anilines is 1. The molecule has 1 rings (SSSR count). The molecular formula is C13H20N2O2. The topological polar surface area (TPSA) is 50.4 Å². The summed E-state index contributed by atoms with van der Waals surface area (Å²) < 4.78 is 0. The Kier molecular flexibility index (Phi) is 5.49. The van der Waals surface area contributed by atoms with Gasteiger partial charge in [0.15, 0.2) is 0 Å². The van der Waals surface area contributed by atoms with Crippen LogP contribution in [0.25, 0.3) is 0 Å². The van der Waals surface area contributed by atoms with E-state index >= 15 is 0 Å². The van der Waals surface area contributed by atoms with Gasteiger partial charge in [-0.15, -0.1) is 0 Å². The van der Waals surface area contributed by atoms with Crippen LogP contribution in [0.1, 0.15) is 25.8 Å². The molecular weight excluding hydrogens is 216 g/mol. The maximum atomic E-state index is 11.5. The third-order valence-electron chi connectivity index (χ3n) is 2.36. The largest absolute Gasteiger partial charge is 0.343 e. The van der Waals surface area contributed by atoms with Crippen LogP contribution in [0.4, 0.5) is 10.5 Å². The van der Waals surface area contributed by atoms with Crippen molar-refractivity contribution in [3.05, 3.63) is 29.8 Å². The standard InChI is InChI=1S/C13H20N2O2/c1-10(2)8-9-17-15-13(16)14-12-7-5-4-6-11(12)3/h4-7,10H,8-9H2,1-3H3,(H2,14,15,16). The minimum absolute atomic E-state index is 0.344. The average Bonchev–Trinajstić information content (AvgIpc) is 2.27. The van der Waals surface area contributed by atoms with E-state index in [1.54, 1.807) is 0 Å². The van der Waals surface area contributed by atoms with Crippen LogP contribution in [0, 0.1) is 12.8 Å². The predicted molar refractivity (Wildman–Crippen MR) is 68.7 cm³/mol. The second-order valence-electron chi connectivity index (χ2n) is 4.40. The van der Waals surface area contributed by atoms with Gasteiger partial charge in [0, 0.05) is 5.69 Å². The van der Waals surface area contributed by atoms with E-state index < -0.39 is 0 Å². The van der Waals surface area contributed by atoms with Crippen LogP contribution < -0.4 is 10.8 Å². The smallest absolute Gasteiger partial charge is 0.306 e. The van der Waals surface area contributed by atoms with Gasteiger partial charge in [0.25, 0.3) is 0 Å². The van der Waals surface area contributed by atoms with Gasteiger partial charge >= 0.3 is 6.03 Å². The number of amides is 2. The van der Waals surface area contributed by atoms with Crippen LogP contribution in [-0.4, -0.2) is 12.6 Å². The van der Waals surface area contributed by atoms with Gasteiger partial charge in [-0.3, -0.25) is 4.84 Å². The van der Waals surface area contributed by atoms with Crippen molar-refractivity contribution >= 4 is 11.7 Å². The van der Waals surface area contributed by atoms with Gasteiger partial charge in [0.2, 0.25) is 0 Å². The van der Waals surface area contributed by atoms with E-state index in [1.807, 2.05) is 31.2 Å². The molecule has 0 aliphatic rings. The third kappa shape index (κ3) is 5.36. The molecule has 0 spiro atoms. The highest BCUT2D eigenvalue weighted by atomic mass is 16.7. The van der Waals surface area contributed by atoms with Crippen molar-refractivity contribution < 1.29 is 9.63 Å². The molecule has 0 heterocycles. The van der Waals surface area contributed by atoms with Crippen molar-refractivity contribution in [3.63, 3.8) is 0 Å². The quantitative estimate of drug-likeness (QED) is 0.609. The first-order valence-corrected chi connectivity index (χ1v) is 5.84. The van der Waals surface area contributed by atoms with Crippen molar-refractivity contribution in [2.75, 3.05) is 11.9 Å². The van der Waals surface area contributed by atoms with E-state index in [0.29, 0.717) is 12.5 Å². The summed E-state index contributed by atoms with van der Waals surface area (Å²) in [5.41, 5.74) is 4.17. The molecule has 1 aromatic carbocycles. The summed E-state index contributed by atoms with van der Waals surface area (Å²) in [6.07, 6.45) is 0.921. The molecule has 0 saturated carbocycles. The van der Waals surface area contributed by atoms with E-state index in [9.17, 15) is 4.79 Å². The molecule has 2 amide bonds. The Labute approximate surface area is 102 Å². The lowest BCUT2D eigenvalue weighted by atomic mass is 10.1. The lowest BCUT2D eigenvalue weighted by molar-refractivity contribution is 0.0589. The number of carbonyl (C=O) groups is 1. The van der Waals surface area contributed by atoms with Crippen LogP contribution in [0.15, 0.2) is 24.3 Å². The van der Waals surface area contributed by atoms with E-state index in [0.717, 1.165) is 17.7 Å². The molecule has 0 saturated heterocycles. The third-order valence-corrected chi connectivity index (χ3v) is 2.36. The Balaban J connectivity index is 2.28. The summed E-state index contributed by atoms with van der Waals surface area (Å²) in [5.74, 6) is 0.566. The summed E-state index contributed by atoms with van der Waals surface area (Å²) in [7, 11) is 0. The summed E-state index contributed by atoms with van der Waals surface area (Å²) in [6, 6.07) is 7.25. The highest BCUT2D eigenvalue weighted by Gasteiger charge is 2.03. The maximum absolute atomic E-state index is 11.5. The Bertz CT molecular complexity index is 364. The molecule has 0 fully saturated rings. The Morgan fingerprint density at radius 2 is 2.06 bits per heavy atom. The average molecular weight is 236 g/mol. The monoisotopic (exact) mass is 236 g/mol. The normalized spacial score (nSPS) is 10.4. The zero-order chi connectivity index (χ0) is 12.7. The fourth-order valence-electron chi connectivity index (χ4n) is 1.27. The number of urea groups is 1. The molecule has 0 aliphatic heterocycles. The van der Waals surface area contributed by atoms with Crippen molar-refractivity contribution in [3.8, 4) is 0 Å². The predicted octanol–water partition coefficient (Wildman–Crippen LogP) is 3.09. The zero-order valence-corrected chi connectivity index (χ0v) is 10.6. The van der Waals surface area contributed by atoms with Gasteiger partial charge in [0.05, 0.1) is 6.61 Å². The van der Waals surface area contributed by atoms with Gasteiger partial charge in [-0.2, -0.15) is 0 Å². The first-order valence-electron chi connectivity index (χ1n) is 5.84. The second kappa shape index (κ2) is 6.91. The summed E-state index contributed by atoms with van der Waals surface area (Å²) >= 11 is 0. The molecule has 17 heavy (non-hydrogen) atoms. The number of nitrogens with one attached hydrogen (secondary N) is 2. The highest BCUT2D eigenvalue weighted by molar-refractivity contribution is 5.89. The van der Waals surface area contributed by atoms with Crippen LogP contribution in [0.2, 0.25) is 0 Å². The van der Waals surface area contributed by atoms with E-state index in [1.165, 1.54) is 0 Å². The number of para-hydroxylation sites is 1. The number of hydrogen-bond donors (Lipinski definition) is 2. The Hall–Kier alpha value is -1.55. The van der Waals surface area contributed by atoms with E-state index in [2.05, 4.69) is 24.6 Å². The zero-order valence-electron chi connectivity index (χ0n) is 10.6. The number of benzene rings is 1. The number of hydroxylamine groups is 1. The van der Waals surface area contributed by atoms with Gasteiger partial charge in [-0.05, 0) is 30.9 Å². The first-order chi connectivity index (χ1) is 8.09. The second-order valence-corrected chi connectivity index (χ2v) is 4.40. The van der Waals surface area contributed by atoms with Crippen LogP contribution in [-0.2, 0) is 4.84 Å². The molecule has 94 valence electrons. The van der Waals surface area contributed by atoms with Gasteiger partial charge in [-0.1, -0.05) is 32.0 Å². The minimum atomic E-state index is -0.344. The van der Waals surface area contributed by atoms with Gasteiger partial charge in [-0.25, -0.2) is 10.3 Å². The Morgan fingerprint density at radius 1 is 1.35 bits per heavy atom. The molecule has 0 aliphatic carbocycles. The molecule has 2 N–H and O–H groups in total. The number of aryl methyl sites for hydroxylation is 1. The lowest BCUT2D eigenvalue weighted by Crippen LogP contribution is -2.29. The SMILES string of the molecule is Cc1ccccc1NC(=O)NOCCC(C)C. The van der Waals surface area contributed by atoms with E-state index in [4.69, 9.17) is 4.84 Å². The van der Waals surface area contributed by atoms with E-state index in [-0.39, 0.29) is 6.03 Å². The summed E-state index contributed by atoms with van der Waals surface area (Å²) in [5, 5.41) is 2.72. The molecule has 0 atom stereocenters. The molecule has 0 bridgehead atoms. The molecule has 1 aromatic rings. The van der Waals surface area contributed by atoms with Crippen LogP contribution in [0.5, 0.6) is 0 Å². The minimum Gasteiger partial charge on any atom is -0.306 e. The molecule has 0 radical (unpaired) electrons. The van der Waals surface area contributed by atoms with Crippen LogP contribution in [0.3, 0.4) is 0 Å². The van der Waals surface area contributed by atoms with Crippen molar-refractivity contribution in [1.82, 2.24) is 5.48 Å². The molecule has 0 unspecified atom stereocenters. The van der Waals surface area contributed by atoms with Gasteiger partial charge < -0.3 is 5.32 Å². The number of carbonyl (C=O) groups excluding carboxylic acids is 1. The number of rotatable bonds is 5. The van der Waals surface area contributed by atoms with Crippen LogP contribution >= 0.6 is 0 Å². The Morgan fingerprint density at radius 3 is 2.71 bits per heavy atom. The van der Waals surface area contributed by atoms with Gasteiger partial charge in [0.1, 0.15) is 0 Å². The molecule has 4 heteroatoms. The van der Waals surface area contributed by atoms with Crippen molar-refractivity contribution in [1.29, 1.82) is 0 Å². The summed E-state index contributed by atoms with van der Waals surface area (Å²) in [6.45, 7) is 6.68.